The number of ether oxygens (including phenoxy) is 3. The molecule has 11 nitrogen and oxygen atoms in total. The van der Waals surface area contributed by atoms with E-state index in [2.05, 4.69) is 10.3 Å². The number of likely N-dealkylation sites (tertiary alicyclic amines) is 1. The number of hydrogen-bond donors (Lipinski definition) is 2. The summed E-state index contributed by atoms with van der Waals surface area (Å²) in [5, 5.41) is 12.5. The standard InChI is InChI=1S/C35H34Cl2N4O7/c1-21-28(17-40-20-38-31(36)32(40)37)47-34(48-30(21)25-11-9-23(18-42)10-12-25)26-13-7-22(8-14-26)16-41-29(43)15-27(33(41)44)39-35(45)46-19-24-5-3-2-4-6-24/h2-14,20-21,27-28,30,34,42H,15-19H2,1H3,(H,39,45). The molecule has 250 valence electrons. The molecule has 0 bridgehead atoms. The number of nitrogens with zero attached hydrogens (tertiary/aromatic N) is 3. The van der Waals surface area contributed by atoms with Crippen LogP contribution in [0.15, 0.2) is 85.2 Å². The van der Waals surface area contributed by atoms with Crippen LogP contribution in [-0.2, 0) is 50.1 Å². The van der Waals surface area contributed by atoms with E-state index in [0.717, 1.165) is 27.2 Å². The van der Waals surface area contributed by atoms with Crippen LogP contribution in [0.5, 0.6) is 0 Å². The predicted molar refractivity (Wildman–Crippen MR) is 175 cm³/mol. The van der Waals surface area contributed by atoms with Gasteiger partial charge in [0.15, 0.2) is 11.4 Å². The topological polar surface area (TPSA) is 132 Å². The van der Waals surface area contributed by atoms with Gasteiger partial charge in [-0.15, -0.1) is 0 Å². The number of rotatable bonds is 10. The zero-order chi connectivity index (χ0) is 33.8. The van der Waals surface area contributed by atoms with Gasteiger partial charge in [-0.3, -0.25) is 14.5 Å². The van der Waals surface area contributed by atoms with E-state index in [0.29, 0.717) is 17.3 Å². The Hall–Kier alpha value is -4.26. The van der Waals surface area contributed by atoms with Crippen LogP contribution in [0.3, 0.4) is 0 Å². The van der Waals surface area contributed by atoms with Crippen LogP contribution in [0.25, 0.3) is 0 Å². The van der Waals surface area contributed by atoms with Gasteiger partial charge in [-0.05, 0) is 22.3 Å². The third-order valence-corrected chi connectivity index (χ3v) is 9.34. The summed E-state index contributed by atoms with van der Waals surface area (Å²) in [4.78, 5) is 43.4. The van der Waals surface area contributed by atoms with Crippen LogP contribution in [0.4, 0.5) is 4.79 Å². The molecule has 4 aromatic rings. The Morgan fingerprint density at radius 1 is 0.958 bits per heavy atom. The minimum absolute atomic E-state index is 0.0426. The number of alkyl carbamates (subject to hydrolysis) is 1. The molecule has 5 unspecified atom stereocenters. The maximum absolute atomic E-state index is 13.1. The molecule has 2 fully saturated rings. The molecule has 6 rings (SSSR count). The summed E-state index contributed by atoms with van der Waals surface area (Å²) in [6, 6.07) is 23.0. The summed E-state index contributed by atoms with van der Waals surface area (Å²) < 4.78 is 19.9. The van der Waals surface area contributed by atoms with Crippen molar-refractivity contribution in [2.45, 2.75) is 64.2 Å². The van der Waals surface area contributed by atoms with E-state index in [1.54, 1.807) is 10.9 Å². The monoisotopic (exact) mass is 692 g/mol. The Bertz CT molecular complexity index is 1750. The molecule has 3 heterocycles. The van der Waals surface area contributed by atoms with Gasteiger partial charge in [0.1, 0.15) is 17.8 Å². The van der Waals surface area contributed by atoms with E-state index in [9.17, 15) is 19.5 Å². The van der Waals surface area contributed by atoms with Crippen molar-refractivity contribution >= 4 is 41.1 Å². The van der Waals surface area contributed by atoms with Crippen LogP contribution in [0.1, 0.15) is 53.6 Å². The number of amides is 3. The molecule has 0 spiro atoms. The number of hydrogen-bond acceptors (Lipinski definition) is 8. The van der Waals surface area contributed by atoms with Gasteiger partial charge in [0, 0.05) is 11.5 Å². The highest BCUT2D eigenvalue weighted by Crippen LogP contribution is 2.42. The van der Waals surface area contributed by atoms with E-state index < -0.39 is 24.3 Å². The molecule has 2 N–H and O–H groups in total. The maximum atomic E-state index is 13.1. The number of benzene rings is 3. The molecule has 0 saturated carbocycles. The zero-order valence-corrected chi connectivity index (χ0v) is 27.5. The largest absolute Gasteiger partial charge is 0.445 e. The number of halogens is 2. The molecule has 48 heavy (non-hydrogen) atoms. The van der Waals surface area contributed by atoms with Gasteiger partial charge in [0.05, 0.1) is 44.7 Å². The number of aliphatic hydroxyl groups excluding tert-OH is 1. The molecule has 0 radical (unpaired) electrons. The van der Waals surface area contributed by atoms with Gasteiger partial charge in [-0.1, -0.05) is 109 Å². The Morgan fingerprint density at radius 3 is 2.31 bits per heavy atom. The van der Waals surface area contributed by atoms with Crippen molar-refractivity contribution in [3.63, 3.8) is 0 Å². The molecular weight excluding hydrogens is 659 g/mol. The minimum Gasteiger partial charge on any atom is -0.445 e. The number of carbonyl (C=O) groups is 3. The minimum atomic E-state index is -0.995. The molecule has 2 aliphatic heterocycles. The maximum Gasteiger partial charge on any atom is 0.408 e. The fourth-order valence-corrected chi connectivity index (χ4v) is 6.14. The summed E-state index contributed by atoms with van der Waals surface area (Å²) in [7, 11) is 0. The molecule has 3 aromatic carbocycles. The molecule has 2 aliphatic rings. The Balaban J connectivity index is 1.12. The van der Waals surface area contributed by atoms with Crippen LogP contribution in [0, 0.1) is 5.92 Å². The van der Waals surface area contributed by atoms with Crippen LogP contribution >= 0.6 is 23.2 Å². The zero-order valence-electron chi connectivity index (χ0n) is 26.0. The van der Waals surface area contributed by atoms with E-state index in [4.69, 9.17) is 37.4 Å². The predicted octanol–water partition coefficient (Wildman–Crippen LogP) is 5.73. The first-order chi connectivity index (χ1) is 23.2. The fourth-order valence-electron chi connectivity index (χ4n) is 5.82. The lowest BCUT2D eigenvalue weighted by Crippen LogP contribution is -2.41. The van der Waals surface area contributed by atoms with Gasteiger partial charge >= 0.3 is 6.09 Å². The van der Waals surface area contributed by atoms with Crippen molar-refractivity contribution in [3.05, 3.63) is 123 Å². The van der Waals surface area contributed by atoms with E-state index in [-0.39, 0.29) is 55.4 Å². The number of nitrogens with one attached hydrogen (secondary N) is 1. The van der Waals surface area contributed by atoms with Gasteiger partial charge in [0.2, 0.25) is 5.91 Å². The molecule has 0 aliphatic carbocycles. The van der Waals surface area contributed by atoms with E-state index in [1.165, 1.54) is 0 Å². The fraction of sp³-hybridized carbons (Fsp3) is 0.314. The lowest BCUT2D eigenvalue weighted by Gasteiger charge is -2.41. The van der Waals surface area contributed by atoms with Crippen LogP contribution in [0.2, 0.25) is 10.3 Å². The summed E-state index contributed by atoms with van der Waals surface area (Å²) in [5.74, 6) is -0.978. The summed E-state index contributed by atoms with van der Waals surface area (Å²) in [5.41, 5.74) is 3.98. The van der Waals surface area contributed by atoms with Crippen molar-refractivity contribution in [1.29, 1.82) is 0 Å². The summed E-state index contributed by atoms with van der Waals surface area (Å²) >= 11 is 12.5. The highest BCUT2D eigenvalue weighted by Gasteiger charge is 2.41. The highest BCUT2D eigenvalue weighted by molar-refractivity contribution is 6.40. The van der Waals surface area contributed by atoms with Gasteiger partial charge in [0.25, 0.3) is 5.91 Å². The van der Waals surface area contributed by atoms with E-state index in [1.807, 2.05) is 85.8 Å². The summed E-state index contributed by atoms with van der Waals surface area (Å²) in [6.07, 6.45) is -0.767. The second kappa shape index (κ2) is 14.9. The lowest BCUT2D eigenvalue weighted by molar-refractivity contribution is -0.276. The Kier molecular flexibility index (Phi) is 10.4. The molecule has 3 amide bonds. The molecular formula is C35H34Cl2N4O7. The average Bonchev–Trinajstić information content (AvgIpc) is 3.56. The van der Waals surface area contributed by atoms with Crippen molar-refractivity contribution < 1.29 is 33.7 Å². The summed E-state index contributed by atoms with van der Waals surface area (Å²) in [6.45, 7) is 2.46. The second-order valence-corrected chi connectivity index (χ2v) is 12.5. The Labute approximate surface area is 287 Å². The van der Waals surface area contributed by atoms with Gasteiger partial charge < -0.3 is 29.2 Å². The number of imidazole rings is 1. The number of imide groups is 1. The smallest absolute Gasteiger partial charge is 0.408 e. The average molecular weight is 694 g/mol. The first-order valence-electron chi connectivity index (χ1n) is 15.5. The molecule has 13 heteroatoms. The first-order valence-corrected chi connectivity index (χ1v) is 16.2. The number of carbonyl (C=O) groups excluding carboxylic acids is 3. The van der Waals surface area contributed by atoms with E-state index >= 15 is 0 Å². The molecule has 1 aromatic heterocycles. The SMILES string of the molecule is CC1C(Cn2cnc(Cl)c2Cl)OC(c2ccc(CN3C(=O)CC(NC(=O)OCc4ccccc4)C3=O)cc2)OC1c1ccc(CO)cc1. The van der Waals surface area contributed by atoms with Crippen LogP contribution < -0.4 is 5.32 Å². The van der Waals surface area contributed by atoms with Crippen molar-refractivity contribution in [2.24, 2.45) is 5.92 Å². The van der Waals surface area contributed by atoms with Crippen molar-refractivity contribution in [3.8, 4) is 0 Å². The third-order valence-electron chi connectivity index (χ3n) is 8.57. The van der Waals surface area contributed by atoms with Crippen molar-refractivity contribution in [2.75, 3.05) is 0 Å². The second-order valence-electron chi connectivity index (χ2n) is 11.8. The molecule has 2 saturated heterocycles. The molecule has 5 atom stereocenters. The first kappa shape index (κ1) is 33.6. The quantitative estimate of drug-likeness (QED) is 0.202. The van der Waals surface area contributed by atoms with Crippen molar-refractivity contribution in [1.82, 2.24) is 19.8 Å². The highest BCUT2D eigenvalue weighted by atomic mass is 35.5. The lowest BCUT2D eigenvalue weighted by atomic mass is 9.90. The van der Waals surface area contributed by atoms with Crippen LogP contribution in [-0.4, -0.2) is 49.6 Å². The normalized spacial score (nSPS) is 22.6. The Morgan fingerprint density at radius 2 is 1.65 bits per heavy atom. The number of aromatic nitrogens is 2. The van der Waals surface area contributed by atoms with Gasteiger partial charge in [-0.2, -0.15) is 0 Å². The third kappa shape index (κ3) is 7.56. The van der Waals surface area contributed by atoms with Gasteiger partial charge in [-0.25, -0.2) is 9.78 Å². The number of aliphatic hydroxyl groups is 1.